The van der Waals surface area contributed by atoms with Gasteiger partial charge in [0.1, 0.15) is 0 Å². The highest BCUT2D eigenvalue weighted by molar-refractivity contribution is 7.90. The molecule has 0 radical (unpaired) electrons. The molecule has 6 nitrogen and oxygen atoms in total. The van der Waals surface area contributed by atoms with E-state index in [1.54, 1.807) is 30.3 Å². The van der Waals surface area contributed by atoms with Crippen molar-refractivity contribution in [2.45, 2.75) is 23.0 Å². The summed E-state index contributed by atoms with van der Waals surface area (Å²) in [7, 11) is -6.73. The van der Waals surface area contributed by atoms with E-state index in [1.807, 2.05) is 0 Å². The van der Waals surface area contributed by atoms with Gasteiger partial charge in [-0.05, 0) is 25.0 Å². The Bertz CT molecular complexity index is 704. The van der Waals surface area contributed by atoms with E-state index in [0.717, 1.165) is 12.8 Å². The van der Waals surface area contributed by atoms with Gasteiger partial charge in [-0.2, -0.15) is 8.61 Å². The summed E-state index contributed by atoms with van der Waals surface area (Å²) in [6.45, 7) is 0.905. The van der Waals surface area contributed by atoms with Crippen LogP contribution in [0, 0.1) is 0 Å². The molecule has 1 aromatic carbocycles. The highest BCUT2D eigenvalue weighted by Crippen LogP contribution is 2.31. The lowest BCUT2D eigenvalue weighted by molar-refractivity contribution is 0.272. The van der Waals surface area contributed by atoms with Crippen molar-refractivity contribution in [1.82, 2.24) is 8.61 Å². The molecule has 1 aromatic rings. The van der Waals surface area contributed by atoms with E-state index in [0.29, 0.717) is 0 Å². The van der Waals surface area contributed by atoms with Gasteiger partial charge < -0.3 is 0 Å². The van der Waals surface area contributed by atoms with Gasteiger partial charge in [-0.15, -0.1) is 0 Å². The lowest BCUT2D eigenvalue weighted by Crippen LogP contribution is -2.51. The number of hydrogen-bond acceptors (Lipinski definition) is 4. The Balaban J connectivity index is 1.71. The summed E-state index contributed by atoms with van der Waals surface area (Å²) in [6.07, 6.45) is 1.45. The van der Waals surface area contributed by atoms with Crippen molar-refractivity contribution in [1.29, 1.82) is 0 Å². The fourth-order valence-electron chi connectivity index (χ4n) is 2.48. The minimum Gasteiger partial charge on any atom is -0.212 e. The molecule has 1 saturated heterocycles. The Hall–Kier alpha value is -0.960. The van der Waals surface area contributed by atoms with Gasteiger partial charge in [0.15, 0.2) is 0 Å². The van der Waals surface area contributed by atoms with Gasteiger partial charge in [0.25, 0.3) is 0 Å². The van der Waals surface area contributed by atoms with Crippen LogP contribution in [0.25, 0.3) is 0 Å². The zero-order valence-corrected chi connectivity index (χ0v) is 13.2. The highest BCUT2D eigenvalue weighted by atomic mass is 32.2. The molecule has 1 aliphatic heterocycles. The average molecular weight is 330 g/mol. The summed E-state index contributed by atoms with van der Waals surface area (Å²) in [5, 5.41) is -0.241. The minimum atomic E-state index is -3.52. The van der Waals surface area contributed by atoms with Crippen LogP contribution in [0.4, 0.5) is 0 Å². The smallest absolute Gasteiger partial charge is 0.212 e. The fraction of sp³-hybridized carbons (Fsp3) is 0.538. The molecule has 0 spiro atoms. The van der Waals surface area contributed by atoms with Crippen molar-refractivity contribution in [3.8, 4) is 0 Å². The molecule has 1 saturated carbocycles. The number of hydrogen-bond donors (Lipinski definition) is 0. The Morgan fingerprint density at radius 2 is 1.33 bits per heavy atom. The SMILES string of the molecule is O=S(=O)(c1ccccc1)N1CCN(S(=O)(=O)C2CC2)CC1. The maximum Gasteiger partial charge on any atom is 0.243 e. The molecule has 3 rings (SSSR count). The Kier molecular flexibility index (Phi) is 3.81. The van der Waals surface area contributed by atoms with Gasteiger partial charge >= 0.3 is 0 Å². The van der Waals surface area contributed by atoms with Gasteiger partial charge in [-0.3, -0.25) is 0 Å². The second-order valence-electron chi connectivity index (χ2n) is 5.36. The molecule has 1 heterocycles. The molecule has 0 unspecified atom stereocenters. The number of benzene rings is 1. The van der Waals surface area contributed by atoms with Crippen molar-refractivity contribution >= 4 is 20.0 Å². The van der Waals surface area contributed by atoms with Crippen LogP contribution < -0.4 is 0 Å². The quantitative estimate of drug-likeness (QED) is 0.805. The molecule has 0 aromatic heterocycles. The van der Waals surface area contributed by atoms with Crippen LogP contribution in [-0.4, -0.2) is 56.9 Å². The zero-order valence-electron chi connectivity index (χ0n) is 11.6. The third-order valence-electron chi connectivity index (χ3n) is 3.88. The molecule has 0 N–H and O–H groups in total. The summed E-state index contributed by atoms with van der Waals surface area (Å²) in [4.78, 5) is 0.253. The van der Waals surface area contributed by atoms with Crippen LogP contribution in [0.15, 0.2) is 35.2 Å². The monoisotopic (exact) mass is 330 g/mol. The van der Waals surface area contributed by atoms with E-state index in [4.69, 9.17) is 0 Å². The van der Waals surface area contributed by atoms with Crippen molar-refractivity contribution in [2.24, 2.45) is 0 Å². The summed E-state index contributed by atoms with van der Waals surface area (Å²) < 4.78 is 52.0. The topological polar surface area (TPSA) is 74.8 Å². The van der Waals surface area contributed by atoms with Crippen molar-refractivity contribution in [2.75, 3.05) is 26.2 Å². The number of rotatable bonds is 4. The zero-order chi connectivity index (χ0) is 15.1. The lowest BCUT2D eigenvalue weighted by Gasteiger charge is -2.33. The number of sulfonamides is 2. The second kappa shape index (κ2) is 5.35. The first-order valence-electron chi connectivity index (χ1n) is 6.96. The molecule has 1 aliphatic carbocycles. The van der Waals surface area contributed by atoms with Gasteiger partial charge in [0.2, 0.25) is 20.0 Å². The normalized spacial score (nSPS) is 22.3. The number of nitrogens with zero attached hydrogens (tertiary/aromatic N) is 2. The van der Waals surface area contributed by atoms with E-state index < -0.39 is 20.0 Å². The van der Waals surface area contributed by atoms with E-state index in [1.165, 1.54) is 8.61 Å². The largest absolute Gasteiger partial charge is 0.243 e. The van der Waals surface area contributed by atoms with Gasteiger partial charge in [0, 0.05) is 26.2 Å². The first-order valence-corrected chi connectivity index (χ1v) is 9.91. The third-order valence-corrected chi connectivity index (χ3v) is 8.20. The molecule has 21 heavy (non-hydrogen) atoms. The molecular weight excluding hydrogens is 312 g/mol. The predicted octanol–water partition coefficient (Wildman–Crippen LogP) is 0.485. The first kappa shape index (κ1) is 15.0. The van der Waals surface area contributed by atoms with Crippen molar-refractivity contribution in [3.63, 3.8) is 0 Å². The maximum absolute atomic E-state index is 12.4. The van der Waals surface area contributed by atoms with E-state index in [9.17, 15) is 16.8 Å². The molecule has 2 aliphatic rings. The molecule has 2 fully saturated rings. The van der Waals surface area contributed by atoms with Crippen LogP contribution >= 0.6 is 0 Å². The van der Waals surface area contributed by atoms with Crippen LogP contribution in [0.1, 0.15) is 12.8 Å². The van der Waals surface area contributed by atoms with Gasteiger partial charge in [0.05, 0.1) is 10.1 Å². The van der Waals surface area contributed by atoms with Crippen LogP contribution in [-0.2, 0) is 20.0 Å². The van der Waals surface area contributed by atoms with Crippen LogP contribution in [0.3, 0.4) is 0 Å². The maximum atomic E-state index is 12.4. The van der Waals surface area contributed by atoms with Crippen LogP contribution in [0.2, 0.25) is 0 Å². The van der Waals surface area contributed by atoms with E-state index in [-0.39, 0.29) is 36.3 Å². The summed E-state index contributed by atoms with van der Waals surface area (Å²) >= 11 is 0. The third kappa shape index (κ3) is 2.85. The van der Waals surface area contributed by atoms with E-state index in [2.05, 4.69) is 0 Å². The fourth-order valence-corrected chi connectivity index (χ4v) is 5.75. The molecule has 8 heteroatoms. The predicted molar refractivity (Wildman–Crippen MR) is 78.7 cm³/mol. The molecule has 0 bridgehead atoms. The average Bonchev–Trinajstić information content (AvgIpc) is 3.33. The van der Waals surface area contributed by atoms with E-state index >= 15 is 0 Å². The first-order chi connectivity index (χ1) is 9.92. The molecule has 0 amide bonds. The summed E-state index contributed by atoms with van der Waals surface area (Å²) in [5.74, 6) is 0. The standard InChI is InChI=1S/C13H18N2O4S2/c16-20(17,12-4-2-1-3-5-12)14-8-10-15(11-9-14)21(18,19)13-6-7-13/h1-5,13H,6-11H2. The number of piperazine rings is 1. The summed E-state index contributed by atoms with van der Waals surface area (Å²) in [6, 6.07) is 8.24. The Labute approximate surface area is 125 Å². The second-order valence-corrected chi connectivity index (χ2v) is 9.51. The van der Waals surface area contributed by atoms with Crippen LogP contribution in [0.5, 0.6) is 0 Å². The van der Waals surface area contributed by atoms with Gasteiger partial charge in [-0.1, -0.05) is 18.2 Å². The molecule has 116 valence electrons. The summed E-state index contributed by atoms with van der Waals surface area (Å²) in [5.41, 5.74) is 0. The van der Waals surface area contributed by atoms with Crippen molar-refractivity contribution < 1.29 is 16.8 Å². The molecular formula is C13H18N2O4S2. The Morgan fingerprint density at radius 3 is 1.86 bits per heavy atom. The highest BCUT2D eigenvalue weighted by Gasteiger charge is 2.42. The van der Waals surface area contributed by atoms with Crippen molar-refractivity contribution in [3.05, 3.63) is 30.3 Å². The van der Waals surface area contributed by atoms with Gasteiger partial charge in [-0.25, -0.2) is 16.8 Å². The minimum absolute atomic E-state index is 0.211. The molecule has 0 atom stereocenters. The Morgan fingerprint density at radius 1 is 0.810 bits per heavy atom. The lowest BCUT2D eigenvalue weighted by atomic mass is 10.4.